The van der Waals surface area contributed by atoms with E-state index in [2.05, 4.69) is 37.0 Å². The van der Waals surface area contributed by atoms with Crippen molar-refractivity contribution in [1.29, 1.82) is 0 Å². The predicted molar refractivity (Wildman–Crippen MR) is 68.1 cm³/mol. The van der Waals surface area contributed by atoms with Gasteiger partial charge in [-0.1, -0.05) is 6.07 Å². The maximum atomic E-state index is 5.87. The lowest BCUT2D eigenvalue weighted by Gasteiger charge is -2.08. The molecule has 0 aliphatic rings. The minimum absolute atomic E-state index is 0.625. The molecule has 1 heterocycles. The summed E-state index contributed by atoms with van der Waals surface area (Å²) in [5.74, 6) is 0.625. The quantitative estimate of drug-likeness (QED) is 0.872. The normalized spacial score (nSPS) is 10.6. The van der Waals surface area contributed by atoms with Gasteiger partial charge in [-0.3, -0.25) is 0 Å². The van der Waals surface area contributed by atoms with E-state index in [1.54, 1.807) is 4.68 Å². The van der Waals surface area contributed by atoms with Crippen molar-refractivity contribution in [3.8, 4) is 5.69 Å². The lowest BCUT2D eigenvalue weighted by atomic mass is 10.3. The van der Waals surface area contributed by atoms with Crippen molar-refractivity contribution in [2.45, 2.75) is 6.92 Å². The summed E-state index contributed by atoms with van der Waals surface area (Å²) in [5.41, 5.74) is 7.69. The molecule has 1 aromatic heterocycles. The van der Waals surface area contributed by atoms with Crippen molar-refractivity contribution >= 4 is 37.7 Å². The molecule has 0 fully saturated rings. The minimum atomic E-state index is 0.625. The summed E-state index contributed by atoms with van der Waals surface area (Å²) in [4.78, 5) is 0. The molecule has 2 aromatic rings. The molecule has 0 atom stereocenters. The average molecular weight is 331 g/mol. The maximum Gasteiger partial charge on any atom is 0.127 e. The van der Waals surface area contributed by atoms with E-state index in [4.69, 9.17) is 5.73 Å². The maximum absolute atomic E-state index is 5.87. The van der Waals surface area contributed by atoms with Crippen LogP contribution < -0.4 is 5.73 Å². The molecule has 0 spiro atoms. The van der Waals surface area contributed by atoms with Crippen LogP contribution in [0.15, 0.2) is 33.2 Å². The number of para-hydroxylation sites is 1. The summed E-state index contributed by atoms with van der Waals surface area (Å²) in [7, 11) is 0. The van der Waals surface area contributed by atoms with Gasteiger partial charge in [0.1, 0.15) is 5.82 Å². The number of benzene rings is 1. The van der Waals surface area contributed by atoms with Gasteiger partial charge in [0.25, 0.3) is 0 Å². The van der Waals surface area contributed by atoms with Gasteiger partial charge in [-0.25, -0.2) is 4.68 Å². The Labute approximate surface area is 105 Å². The van der Waals surface area contributed by atoms with Crippen LogP contribution in [0.3, 0.4) is 0 Å². The molecule has 0 unspecified atom stereocenters. The van der Waals surface area contributed by atoms with E-state index in [1.165, 1.54) is 0 Å². The summed E-state index contributed by atoms with van der Waals surface area (Å²) in [6.45, 7) is 1.91. The summed E-state index contributed by atoms with van der Waals surface area (Å²) in [5, 5.41) is 4.33. The highest BCUT2D eigenvalue weighted by Gasteiger charge is 2.11. The van der Waals surface area contributed by atoms with Crippen LogP contribution in [0.2, 0.25) is 0 Å². The van der Waals surface area contributed by atoms with Crippen molar-refractivity contribution in [2.24, 2.45) is 0 Å². The molecule has 78 valence electrons. The van der Waals surface area contributed by atoms with E-state index < -0.39 is 0 Å². The van der Waals surface area contributed by atoms with Crippen LogP contribution in [0.25, 0.3) is 5.69 Å². The number of nitrogens with two attached hydrogens (primary N) is 1. The molecule has 5 heteroatoms. The lowest BCUT2D eigenvalue weighted by molar-refractivity contribution is 0.864. The van der Waals surface area contributed by atoms with Gasteiger partial charge in [-0.15, -0.1) is 0 Å². The molecule has 0 radical (unpaired) electrons. The Morgan fingerprint density at radius 2 is 1.87 bits per heavy atom. The van der Waals surface area contributed by atoms with Crippen molar-refractivity contribution in [3.63, 3.8) is 0 Å². The zero-order valence-electron chi connectivity index (χ0n) is 8.04. The van der Waals surface area contributed by atoms with Gasteiger partial charge in [0.15, 0.2) is 0 Å². The molecule has 3 nitrogen and oxygen atoms in total. The van der Waals surface area contributed by atoms with E-state index >= 15 is 0 Å². The fraction of sp³-hybridized carbons (Fsp3) is 0.100. The third-order valence-corrected chi connectivity index (χ3v) is 3.29. The number of rotatable bonds is 1. The minimum Gasteiger partial charge on any atom is -0.384 e. The van der Waals surface area contributed by atoms with E-state index in [9.17, 15) is 0 Å². The van der Waals surface area contributed by atoms with Crippen LogP contribution in [-0.2, 0) is 0 Å². The Hall–Kier alpha value is -0.810. The number of hydrogen-bond donors (Lipinski definition) is 1. The largest absolute Gasteiger partial charge is 0.384 e. The van der Waals surface area contributed by atoms with Crippen molar-refractivity contribution in [2.75, 3.05) is 5.73 Å². The molecular weight excluding hydrogens is 322 g/mol. The number of hydrogen-bond acceptors (Lipinski definition) is 2. The van der Waals surface area contributed by atoms with Crippen molar-refractivity contribution in [1.82, 2.24) is 9.78 Å². The molecule has 0 aliphatic heterocycles. The highest BCUT2D eigenvalue weighted by Crippen LogP contribution is 2.30. The lowest BCUT2D eigenvalue weighted by Crippen LogP contribution is -2.03. The Morgan fingerprint density at radius 1 is 1.27 bits per heavy atom. The second-order valence-electron chi connectivity index (χ2n) is 3.19. The monoisotopic (exact) mass is 329 g/mol. The second-order valence-corrected chi connectivity index (χ2v) is 4.90. The SMILES string of the molecule is Cc1cc(N)n(-c2c(Br)cccc2Br)n1. The van der Waals surface area contributed by atoms with E-state index in [-0.39, 0.29) is 0 Å². The third kappa shape index (κ3) is 1.94. The molecule has 0 saturated carbocycles. The molecule has 0 bridgehead atoms. The van der Waals surface area contributed by atoms with E-state index in [1.807, 2.05) is 31.2 Å². The van der Waals surface area contributed by atoms with Gasteiger partial charge < -0.3 is 5.73 Å². The molecular formula is C10H9Br2N3. The smallest absolute Gasteiger partial charge is 0.127 e. The molecule has 1 aromatic carbocycles. The highest BCUT2D eigenvalue weighted by atomic mass is 79.9. The number of halogens is 2. The van der Waals surface area contributed by atoms with Gasteiger partial charge in [-0.05, 0) is 50.9 Å². The highest BCUT2D eigenvalue weighted by molar-refractivity contribution is 9.11. The number of aromatic nitrogens is 2. The second kappa shape index (κ2) is 3.98. The zero-order chi connectivity index (χ0) is 11.0. The zero-order valence-corrected chi connectivity index (χ0v) is 11.2. The van der Waals surface area contributed by atoms with Crippen LogP contribution in [0.1, 0.15) is 5.69 Å². The predicted octanol–water partition coefficient (Wildman–Crippen LogP) is 3.29. The first kappa shape index (κ1) is 10.7. The summed E-state index contributed by atoms with van der Waals surface area (Å²) in [6, 6.07) is 7.70. The van der Waals surface area contributed by atoms with E-state index in [0.717, 1.165) is 20.3 Å². The third-order valence-electron chi connectivity index (χ3n) is 2.01. The van der Waals surface area contributed by atoms with Crippen LogP contribution in [0.5, 0.6) is 0 Å². The molecule has 2 rings (SSSR count). The number of anilines is 1. The summed E-state index contributed by atoms with van der Waals surface area (Å²) >= 11 is 6.96. The van der Waals surface area contributed by atoms with Gasteiger partial charge in [0, 0.05) is 15.0 Å². The number of aryl methyl sites for hydroxylation is 1. The van der Waals surface area contributed by atoms with Gasteiger partial charge in [0.05, 0.1) is 11.4 Å². The first-order valence-electron chi connectivity index (χ1n) is 4.36. The van der Waals surface area contributed by atoms with E-state index in [0.29, 0.717) is 5.82 Å². The fourth-order valence-corrected chi connectivity index (χ4v) is 2.72. The topological polar surface area (TPSA) is 43.8 Å². The van der Waals surface area contributed by atoms with Crippen LogP contribution in [-0.4, -0.2) is 9.78 Å². The van der Waals surface area contributed by atoms with Gasteiger partial charge in [-0.2, -0.15) is 5.10 Å². The number of nitrogens with zero attached hydrogens (tertiary/aromatic N) is 2. The summed E-state index contributed by atoms with van der Waals surface area (Å²) in [6.07, 6.45) is 0. The fourth-order valence-electron chi connectivity index (χ4n) is 1.39. The standard InChI is InChI=1S/C10H9Br2N3/c1-6-5-9(13)15(14-6)10-7(11)3-2-4-8(10)12/h2-5H,13H2,1H3. The molecule has 2 N–H and O–H groups in total. The average Bonchev–Trinajstić information content (AvgIpc) is 2.45. The molecule has 0 aliphatic carbocycles. The first-order valence-corrected chi connectivity index (χ1v) is 5.94. The Morgan fingerprint density at radius 3 is 2.33 bits per heavy atom. The molecule has 15 heavy (non-hydrogen) atoms. The Bertz CT molecular complexity index is 485. The van der Waals surface area contributed by atoms with Crippen LogP contribution in [0, 0.1) is 6.92 Å². The Balaban J connectivity index is 2.68. The van der Waals surface area contributed by atoms with Crippen molar-refractivity contribution in [3.05, 3.63) is 38.9 Å². The van der Waals surface area contributed by atoms with Gasteiger partial charge in [0.2, 0.25) is 0 Å². The molecule has 0 saturated heterocycles. The number of nitrogen functional groups attached to an aromatic ring is 1. The van der Waals surface area contributed by atoms with Crippen molar-refractivity contribution < 1.29 is 0 Å². The van der Waals surface area contributed by atoms with Crippen LogP contribution in [0.4, 0.5) is 5.82 Å². The van der Waals surface area contributed by atoms with Crippen LogP contribution >= 0.6 is 31.9 Å². The van der Waals surface area contributed by atoms with Gasteiger partial charge >= 0.3 is 0 Å². The molecule has 0 amide bonds. The summed E-state index contributed by atoms with van der Waals surface area (Å²) < 4.78 is 3.61. The Kier molecular flexibility index (Phi) is 2.84. The first-order chi connectivity index (χ1) is 7.09.